The minimum Gasteiger partial charge on any atom is -0.508 e. The molecule has 0 aromatic heterocycles. The number of phenolic OH excluding ortho intramolecular Hbond substituents is 1. The Morgan fingerprint density at radius 3 is 2.94 bits per heavy atom. The summed E-state index contributed by atoms with van der Waals surface area (Å²) in [6.45, 7) is 2.62. The number of hydrogen-bond donors (Lipinski definition) is 2. The SMILES string of the molecule is CC1CN(C(=O)c2cccc(O)c2)CC(CO)O1. The van der Waals surface area contributed by atoms with Crippen LogP contribution >= 0.6 is 0 Å². The standard InChI is InChI=1S/C13H17NO4/c1-9-6-14(7-12(8-15)18-9)13(17)10-3-2-4-11(16)5-10/h2-5,9,12,15-16H,6-8H2,1H3. The maximum Gasteiger partial charge on any atom is 0.254 e. The van der Waals surface area contributed by atoms with Crippen molar-refractivity contribution in [3.05, 3.63) is 29.8 Å². The van der Waals surface area contributed by atoms with Crippen molar-refractivity contribution < 1.29 is 19.7 Å². The summed E-state index contributed by atoms with van der Waals surface area (Å²) in [6.07, 6.45) is -0.438. The molecule has 0 radical (unpaired) electrons. The lowest BCUT2D eigenvalue weighted by Crippen LogP contribution is -2.50. The fourth-order valence-corrected chi connectivity index (χ4v) is 2.13. The number of morpholine rings is 1. The van der Waals surface area contributed by atoms with Crippen LogP contribution in [0.4, 0.5) is 0 Å². The van der Waals surface area contributed by atoms with E-state index in [0.29, 0.717) is 18.7 Å². The Labute approximate surface area is 106 Å². The molecule has 1 heterocycles. The lowest BCUT2D eigenvalue weighted by Gasteiger charge is -2.36. The molecule has 98 valence electrons. The normalized spacial score (nSPS) is 24.0. The molecule has 0 bridgehead atoms. The zero-order valence-corrected chi connectivity index (χ0v) is 10.2. The molecule has 1 aromatic carbocycles. The van der Waals surface area contributed by atoms with Crippen LogP contribution in [0.15, 0.2) is 24.3 Å². The number of nitrogens with zero attached hydrogens (tertiary/aromatic N) is 1. The molecule has 18 heavy (non-hydrogen) atoms. The quantitative estimate of drug-likeness (QED) is 0.808. The lowest BCUT2D eigenvalue weighted by molar-refractivity contribution is -0.0858. The third-order valence-electron chi connectivity index (χ3n) is 2.91. The van der Waals surface area contributed by atoms with Gasteiger partial charge in [-0.2, -0.15) is 0 Å². The van der Waals surface area contributed by atoms with Gasteiger partial charge in [-0.15, -0.1) is 0 Å². The van der Waals surface area contributed by atoms with Crippen LogP contribution in [0.5, 0.6) is 5.75 Å². The molecule has 2 rings (SSSR count). The van der Waals surface area contributed by atoms with Crippen molar-refractivity contribution in [1.29, 1.82) is 0 Å². The van der Waals surface area contributed by atoms with Crippen LogP contribution in [0.25, 0.3) is 0 Å². The van der Waals surface area contributed by atoms with Crippen molar-refractivity contribution in [3.8, 4) is 5.75 Å². The minimum atomic E-state index is -0.338. The summed E-state index contributed by atoms with van der Waals surface area (Å²) in [7, 11) is 0. The van der Waals surface area contributed by atoms with Gasteiger partial charge in [-0.1, -0.05) is 6.07 Å². The number of aliphatic hydroxyl groups excluding tert-OH is 1. The Hall–Kier alpha value is -1.59. The Kier molecular flexibility index (Phi) is 3.84. The third-order valence-corrected chi connectivity index (χ3v) is 2.91. The molecule has 1 amide bonds. The maximum atomic E-state index is 12.2. The molecule has 2 unspecified atom stereocenters. The summed E-state index contributed by atoms with van der Waals surface area (Å²) >= 11 is 0. The predicted octanol–water partition coefficient (Wildman–Crippen LogP) is 0.614. The molecule has 5 nitrogen and oxygen atoms in total. The monoisotopic (exact) mass is 251 g/mol. The second-order valence-corrected chi connectivity index (χ2v) is 4.51. The molecule has 1 saturated heterocycles. The van der Waals surface area contributed by atoms with Gasteiger partial charge in [0.15, 0.2) is 0 Å². The Bertz CT molecular complexity index is 435. The molecule has 2 atom stereocenters. The summed E-state index contributed by atoms with van der Waals surface area (Å²) in [6, 6.07) is 6.26. The molecular weight excluding hydrogens is 234 g/mol. The molecule has 1 fully saturated rings. The summed E-state index contributed by atoms with van der Waals surface area (Å²) in [4.78, 5) is 13.9. The highest BCUT2D eigenvalue weighted by atomic mass is 16.5. The first kappa shape index (κ1) is 12.9. The number of phenols is 1. The van der Waals surface area contributed by atoms with Gasteiger partial charge in [0.2, 0.25) is 0 Å². The van der Waals surface area contributed by atoms with Gasteiger partial charge in [0.1, 0.15) is 5.75 Å². The zero-order valence-electron chi connectivity index (χ0n) is 10.2. The van der Waals surface area contributed by atoms with E-state index >= 15 is 0 Å². The number of carbonyl (C=O) groups is 1. The molecule has 0 saturated carbocycles. The van der Waals surface area contributed by atoms with Crippen LogP contribution in [-0.4, -0.2) is 52.9 Å². The first-order valence-corrected chi connectivity index (χ1v) is 5.94. The van der Waals surface area contributed by atoms with Gasteiger partial charge in [0, 0.05) is 18.7 Å². The maximum absolute atomic E-state index is 12.2. The van der Waals surface area contributed by atoms with Gasteiger partial charge < -0.3 is 19.8 Å². The van der Waals surface area contributed by atoms with Gasteiger partial charge in [0.25, 0.3) is 5.91 Å². The highest BCUT2D eigenvalue weighted by Gasteiger charge is 2.28. The highest BCUT2D eigenvalue weighted by molar-refractivity contribution is 5.94. The van der Waals surface area contributed by atoms with Crippen LogP contribution in [0.3, 0.4) is 0 Å². The fourth-order valence-electron chi connectivity index (χ4n) is 2.13. The van der Waals surface area contributed by atoms with E-state index in [0.717, 1.165) is 0 Å². The summed E-state index contributed by atoms with van der Waals surface area (Å²) < 4.78 is 5.48. The van der Waals surface area contributed by atoms with Gasteiger partial charge >= 0.3 is 0 Å². The summed E-state index contributed by atoms with van der Waals surface area (Å²) in [5.41, 5.74) is 0.445. The van der Waals surface area contributed by atoms with Crippen LogP contribution in [0.1, 0.15) is 17.3 Å². The van der Waals surface area contributed by atoms with E-state index in [-0.39, 0.29) is 30.5 Å². The van der Waals surface area contributed by atoms with E-state index in [1.165, 1.54) is 12.1 Å². The minimum absolute atomic E-state index is 0.0702. The number of aliphatic hydroxyl groups is 1. The number of benzene rings is 1. The average molecular weight is 251 g/mol. The Morgan fingerprint density at radius 1 is 1.50 bits per heavy atom. The fraction of sp³-hybridized carbons (Fsp3) is 0.462. The number of aromatic hydroxyl groups is 1. The van der Waals surface area contributed by atoms with Crippen molar-refractivity contribution in [2.24, 2.45) is 0 Å². The van der Waals surface area contributed by atoms with E-state index < -0.39 is 0 Å². The Balaban J connectivity index is 2.13. The van der Waals surface area contributed by atoms with Crippen molar-refractivity contribution in [1.82, 2.24) is 4.90 Å². The number of amides is 1. The van der Waals surface area contributed by atoms with Crippen molar-refractivity contribution in [2.45, 2.75) is 19.1 Å². The second-order valence-electron chi connectivity index (χ2n) is 4.51. The molecule has 5 heteroatoms. The second kappa shape index (κ2) is 5.37. The van der Waals surface area contributed by atoms with E-state index in [2.05, 4.69) is 0 Å². The molecular formula is C13H17NO4. The van der Waals surface area contributed by atoms with Gasteiger partial charge in [0.05, 0.1) is 18.8 Å². The third kappa shape index (κ3) is 2.80. The number of rotatable bonds is 2. The summed E-state index contributed by atoms with van der Waals surface area (Å²) in [5, 5.41) is 18.5. The molecule has 0 spiro atoms. The smallest absolute Gasteiger partial charge is 0.254 e. The molecule has 2 N–H and O–H groups in total. The zero-order chi connectivity index (χ0) is 13.1. The predicted molar refractivity (Wildman–Crippen MR) is 65.4 cm³/mol. The molecule has 1 aliphatic heterocycles. The van der Waals surface area contributed by atoms with E-state index in [1.54, 1.807) is 17.0 Å². The van der Waals surface area contributed by atoms with E-state index in [4.69, 9.17) is 9.84 Å². The lowest BCUT2D eigenvalue weighted by atomic mass is 10.1. The number of carbonyl (C=O) groups excluding carboxylic acids is 1. The van der Waals surface area contributed by atoms with Crippen LogP contribution in [0, 0.1) is 0 Å². The first-order valence-electron chi connectivity index (χ1n) is 5.94. The number of hydrogen-bond acceptors (Lipinski definition) is 4. The van der Waals surface area contributed by atoms with Gasteiger partial charge in [-0.05, 0) is 25.1 Å². The van der Waals surface area contributed by atoms with Crippen LogP contribution in [-0.2, 0) is 4.74 Å². The average Bonchev–Trinajstić information content (AvgIpc) is 2.37. The van der Waals surface area contributed by atoms with Crippen molar-refractivity contribution in [2.75, 3.05) is 19.7 Å². The number of ether oxygens (including phenoxy) is 1. The largest absolute Gasteiger partial charge is 0.508 e. The van der Waals surface area contributed by atoms with Gasteiger partial charge in [-0.3, -0.25) is 4.79 Å². The molecule has 0 aliphatic carbocycles. The molecule has 1 aliphatic rings. The van der Waals surface area contributed by atoms with E-state index in [1.807, 2.05) is 6.92 Å². The topological polar surface area (TPSA) is 70.0 Å². The van der Waals surface area contributed by atoms with Crippen molar-refractivity contribution >= 4 is 5.91 Å². The Morgan fingerprint density at radius 2 is 2.28 bits per heavy atom. The van der Waals surface area contributed by atoms with Crippen LogP contribution in [0.2, 0.25) is 0 Å². The highest BCUT2D eigenvalue weighted by Crippen LogP contribution is 2.17. The van der Waals surface area contributed by atoms with Crippen molar-refractivity contribution in [3.63, 3.8) is 0 Å². The summed E-state index contributed by atoms with van der Waals surface area (Å²) in [5.74, 6) is -0.0830. The van der Waals surface area contributed by atoms with E-state index in [9.17, 15) is 9.90 Å². The van der Waals surface area contributed by atoms with Gasteiger partial charge in [-0.25, -0.2) is 0 Å². The first-order chi connectivity index (χ1) is 8.60. The van der Waals surface area contributed by atoms with Crippen LogP contribution < -0.4 is 0 Å². The molecule has 1 aromatic rings.